The van der Waals surface area contributed by atoms with Gasteiger partial charge in [0.15, 0.2) is 8.32 Å². The Morgan fingerprint density at radius 1 is 0.812 bits per heavy atom. The molecule has 0 unspecified atom stereocenters. The van der Waals surface area contributed by atoms with Crippen LogP contribution in [0.25, 0.3) is 0 Å². The van der Waals surface area contributed by atoms with Gasteiger partial charge in [-0.15, -0.1) is 0 Å². The van der Waals surface area contributed by atoms with Crippen molar-refractivity contribution in [3.63, 3.8) is 0 Å². The topological polar surface area (TPSA) is 9.23 Å². The quantitative estimate of drug-likeness (QED) is 0.504. The minimum atomic E-state index is -1.50. The van der Waals surface area contributed by atoms with Gasteiger partial charge in [0.05, 0.1) is 25.8 Å². The summed E-state index contributed by atoms with van der Waals surface area (Å²) in [7, 11) is -2.88. The van der Waals surface area contributed by atoms with E-state index in [1.54, 1.807) is 0 Å². The molecule has 4 heteroatoms. The number of nitrogens with zero attached hydrogens (tertiary/aromatic N) is 1. The van der Waals surface area contributed by atoms with Gasteiger partial charge in [-0.05, 0) is 53.5 Å². The van der Waals surface area contributed by atoms with E-state index < -0.39 is 16.6 Å². The van der Waals surface area contributed by atoms with Crippen LogP contribution in [0.15, 0.2) is 0 Å². The SMILES string of the molecule is CC[N+](CC)(CC)C[Si](C)(C)O[Si](C)(C)C. The zero-order chi connectivity index (χ0) is 13.0. The second-order valence-corrected chi connectivity index (χ2v) is 15.3. The van der Waals surface area contributed by atoms with Crippen LogP contribution in [0.5, 0.6) is 0 Å². The minimum absolute atomic E-state index is 1.23. The lowest BCUT2D eigenvalue weighted by Crippen LogP contribution is -2.60. The summed E-state index contributed by atoms with van der Waals surface area (Å²) < 4.78 is 7.67. The highest BCUT2D eigenvalue weighted by Gasteiger charge is 2.38. The number of hydrogen-bond acceptors (Lipinski definition) is 1. The van der Waals surface area contributed by atoms with Crippen molar-refractivity contribution in [3.8, 4) is 0 Å². The van der Waals surface area contributed by atoms with Crippen LogP contribution in [0.4, 0.5) is 0 Å². The summed E-state index contributed by atoms with van der Waals surface area (Å²) in [4.78, 5) is 0. The second kappa shape index (κ2) is 5.80. The molecule has 0 aliphatic carbocycles. The minimum Gasteiger partial charge on any atom is -0.452 e. The molecule has 0 aliphatic rings. The van der Waals surface area contributed by atoms with Gasteiger partial charge in [0.25, 0.3) is 0 Å². The van der Waals surface area contributed by atoms with Crippen molar-refractivity contribution in [1.82, 2.24) is 0 Å². The van der Waals surface area contributed by atoms with Crippen LogP contribution >= 0.6 is 0 Å². The van der Waals surface area contributed by atoms with Crippen molar-refractivity contribution < 1.29 is 8.60 Å². The van der Waals surface area contributed by atoms with E-state index >= 15 is 0 Å². The van der Waals surface area contributed by atoms with Gasteiger partial charge in [-0.3, -0.25) is 0 Å². The van der Waals surface area contributed by atoms with Gasteiger partial charge in [-0.25, -0.2) is 0 Å². The summed E-state index contributed by atoms with van der Waals surface area (Å²) in [6.07, 6.45) is 1.26. The zero-order valence-corrected chi connectivity index (χ0v) is 14.7. The van der Waals surface area contributed by atoms with E-state index in [-0.39, 0.29) is 0 Å². The molecule has 0 rings (SSSR count). The van der Waals surface area contributed by atoms with Crippen molar-refractivity contribution in [2.45, 2.75) is 53.5 Å². The number of rotatable bonds is 7. The fourth-order valence-corrected chi connectivity index (χ4v) is 11.9. The highest BCUT2D eigenvalue weighted by atomic mass is 28.4. The Morgan fingerprint density at radius 3 is 1.44 bits per heavy atom. The lowest BCUT2D eigenvalue weighted by Gasteiger charge is -2.42. The Labute approximate surface area is 105 Å². The van der Waals surface area contributed by atoms with Gasteiger partial charge < -0.3 is 8.60 Å². The van der Waals surface area contributed by atoms with Crippen LogP contribution in [0.2, 0.25) is 32.7 Å². The molecular formula is C12H32NOSi2+. The van der Waals surface area contributed by atoms with Gasteiger partial charge in [0.1, 0.15) is 0 Å². The molecule has 0 amide bonds. The van der Waals surface area contributed by atoms with Crippen LogP contribution in [-0.4, -0.2) is 46.9 Å². The van der Waals surface area contributed by atoms with Crippen molar-refractivity contribution in [2.24, 2.45) is 0 Å². The molecule has 0 spiro atoms. The molecule has 0 heterocycles. The largest absolute Gasteiger partial charge is 0.452 e. The maximum absolute atomic E-state index is 6.45. The van der Waals surface area contributed by atoms with Crippen LogP contribution in [-0.2, 0) is 4.12 Å². The summed E-state index contributed by atoms with van der Waals surface area (Å²) >= 11 is 0. The molecule has 0 saturated heterocycles. The first-order valence-corrected chi connectivity index (χ1v) is 13.2. The Kier molecular flexibility index (Phi) is 5.93. The molecular weight excluding hydrogens is 230 g/mol. The lowest BCUT2D eigenvalue weighted by atomic mass is 10.4. The monoisotopic (exact) mass is 262 g/mol. The van der Waals surface area contributed by atoms with E-state index in [0.717, 1.165) is 0 Å². The van der Waals surface area contributed by atoms with E-state index in [1.165, 1.54) is 30.3 Å². The molecule has 0 aromatic rings. The van der Waals surface area contributed by atoms with Crippen molar-refractivity contribution in [3.05, 3.63) is 0 Å². The highest BCUT2D eigenvalue weighted by Crippen LogP contribution is 2.19. The molecule has 98 valence electrons. The lowest BCUT2D eigenvalue weighted by molar-refractivity contribution is -0.914. The van der Waals surface area contributed by atoms with Gasteiger partial charge in [0.2, 0.25) is 8.32 Å². The molecule has 0 aromatic carbocycles. The van der Waals surface area contributed by atoms with Gasteiger partial charge in [-0.1, -0.05) is 0 Å². The Bertz CT molecular complexity index is 199. The van der Waals surface area contributed by atoms with Gasteiger partial charge >= 0.3 is 0 Å². The summed E-state index contributed by atoms with van der Waals surface area (Å²) in [5.41, 5.74) is 0. The third kappa shape index (κ3) is 5.61. The predicted molar refractivity (Wildman–Crippen MR) is 78.7 cm³/mol. The summed E-state index contributed by atoms with van der Waals surface area (Å²) in [6.45, 7) is 22.3. The average Bonchev–Trinajstić information content (AvgIpc) is 2.10. The van der Waals surface area contributed by atoms with Crippen LogP contribution in [0.1, 0.15) is 20.8 Å². The Balaban J connectivity index is 4.66. The number of quaternary nitrogens is 1. The van der Waals surface area contributed by atoms with E-state index in [0.29, 0.717) is 0 Å². The molecule has 16 heavy (non-hydrogen) atoms. The molecule has 0 saturated carbocycles. The Hall–Kier alpha value is 0.354. The van der Waals surface area contributed by atoms with Crippen molar-refractivity contribution in [1.29, 1.82) is 0 Å². The van der Waals surface area contributed by atoms with Crippen LogP contribution < -0.4 is 0 Å². The third-order valence-electron chi connectivity index (χ3n) is 3.31. The first kappa shape index (κ1) is 16.4. The Morgan fingerprint density at radius 2 is 1.19 bits per heavy atom. The van der Waals surface area contributed by atoms with Crippen LogP contribution in [0, 0.1) is 0 Å². The van der Waals surface area contributed by atoms with E-state index in [4.69, 9.17) is 4.12 Å². The summed E-state index contributed by atoms with van der Waals surface area (Å²) in [5, 5.41) is 0. The van der Waals surface area contributed by atoms with Gasteiger partial charge in [0, 0.05) is 0 Å². The fraction of sp³-hybridized carbons (Fsp3) is 1.00. The van der Waals surface area contributed by atoms with Gasteiger partial charge in [-0.2, -0.15) is 0 Å². The molecule has 0 fully saturated rings. The summed E-state index contributed by atoms with van der Waals surface area (Å²) in [6, 6.07) is 0. The molecule has 0 aromatic heterocycles. The van der Waals surface area contributed by atoms with Crippen molar-refractivity contribution >= 4 is 16.6 Å². The molecule has 0 bridgehead atoms. The van der Waals surface area contributed by atoms with E-state index in [1.807, 2.05) is 0 Å². The van der Waals surface area contributed by atoms with Crippen molar-refractivity contribution in [2.75, 3.05) is 25.8 Å². The average molecular weight is 263 g/mol. The smallest absolute Gasteiger partial charge is 0.234 e. The first-order valence-electron chi connectivity index (χ1n) is 6.65. The van der Waals surface area contributed by atoms with Crippen LogP contribution in [0.3, 0.4) is 0 Å². The van der Waals surface area contributed by atoms with E-state index in [9.17, 15) is 0 Å². The first-order chi connectivity index (χ1) is 7.10. The second-order valence-electron chi connectivity index (χ2n) is 6.42. The highest BCUT2D eigenvalue weighted by molar-refractivity contribution is 6.84. The predicted octanol–water partition coefficient (Wildman–Crippen LogP) is 3.46. The van der Waals surface area contributed by atoms with E-state index in [2.05, 4.69) is 53.5 Å². The molecule has 0 aliphatic heterocycles. The molecule has 0 N–H and O–H groups in total. The normalized spacial score (nSPS) is 14.2. The fourth-order valence-electron chi connectivity index (χ4n) is 2.68. The molecule has 2 nitrogen and oxygen atoms in total. The third-order valence-corrected chi connectivity index (χ3v) is 9.40. The summed E-state index contributed by atoms with van der Waals surface area (Å²) in [5.74, 6) is 0. The maximum Gasteiger partial charge on any atom is 0.234 e. The number of hydrogen-bond donors (Lipinski definition) is 0. The zero-order valence-electron chi connectivity index (χ0n) is 12.7. The molecule has 0 atom stereocenters. The molecule has 0 radical (unpaired) electrons. The maximum atomic E-state index is 6.45. The standard InChI is InChI=1S/C12H32NOSi2/c1-9-13(10-2,11-3)12-16(7,8)14-15(4,5)6/h9-12H2,1-8H3/q+1.